The molecule has 0 aliphatic rings. The summed E-state index contributed by atoms with van der Waals surface area (Å²) in [6.07, 6.45) is 1.48. The SMILES string of the molecule is CC(C)(C)c1ccc(C(=O)Nc2nnc(Cc3ccc(S(C)(=O)=O)cc3)o2)cc1. The molecule has 3 rings (SSSR count). The Kier molecular flexibility index (Phi) is 5.57. The maximum Gasteiger partial charge on any atom is 0.322 e. The summed E-state index contributed by atoms with van der Waals surface area (Å²) in [6, 6.07) is 13.8. The van der Waals surface area contributed by atoms with Gasteiger partial charge in [0.15, 0.2) is 9.84 Å². The average molecular weight is 413 g/mol. The highest BCUT2D eigenvalue weighted by atomic mass is 32.2. The molecule has 0 bridgehead atoms. The first-order valence-corrected chi connectivity index (χ1v) is 10.9. The van der Waals surface area contributed by atoms with Gasteiger partial charge in [-0.25, -0.2) is 8.42 Å². The fraction of sp³-hybridized carbons (Fsp3) is 0.286. The van der Waals surface area contributed by atoms with E-state index in [-0.39, 0.29) is 22.2 Å². The van der Waals surface area contributed by atoms with Crippen LogP contribution in [0.3, 0.4) is 0 Å². The Labute approximate surface area is 170 Å². The predicted octanol–water partition coefficient (Wildman–Crippen LogP) is 3.61. The van der Waals surface area contributed by atoms with Crippen LogP contribution in [0.25, 0.3) is 0 Å². The van der Waals surface area contributed by atoms with Crippen molar-refractivity contribution < 1.29 is 17.6 Å². The van der Waals surface area contributed by atoms with Crippen LogP contribution in [0.15, 0.2) is 57.8 Å². The van der Waals surface area contributed by atoms with Crippen LogP contribution in [0.2, 0.25) is 0 Å². The molecule has 1 N–H and O–H groups in total. The second-order valence-electron chi connectivity index (χ2n) is 7.88. The third-order valence-corrected chi connectivity index (χ3v) is 5.54. The summed E-state index contributed by atoms with van der Waals surface area (Å²) in [5.74, 6) is -0.0198. The van der Waals surface area contributed by atoms with Gasteiger partial charge in [-0.3, -0.25) is 10.1 Å². The third-order valence-electron chi connectivity index (χ3n) is 4.41. The topological polar surface area (TPSA) is 102 Å². The molecule has 3 aromatic rings. The Morgan fingerprint density at radius 1 is 1.00 bits per heavy atom. The second-order valence-corrected chi connectivity index (χ2v) is 9.89. The summed E-state index contributed by atoms with van der Waals surface area (Å²) in [5, 5.41) is 10.4. The van der Waals surface area contributed by atoms with Crippen LogP contribution >= 0.6 is 0 Å². The Morgan fingerprint density at radius 3 is 2.17 bits per heavy atom. The van der Waals surface area contributed by atoms with Crippen molar-refractivity contribution in [1.82, 2.24) is 10.2 Å². The quantitative estimate of drug-likeness (QED) is 0.685. The molecule has 0 spiro atoms. The smallest absolute Gasteiger partial charge is 0.322 e. The summed E-state index contributed by atoms with van der Waals surface area (Å²) in [6.45, 7) is 6.32. The maximum atomic E-state index is 12.4. The number of carbonyl (C=O) groups excluding carboxylic acids is 1. The van der Waals surface area contributed by atoms with Gasteiger partial charge in [0.25, 0.3) is 5.91 Å². The highest BCUT2D eigenvalue weighted by molar-refractivity contribution is 7.90. The first-order chi connectivity index (χ1) is 13.5. The number of anilines is 1. The first kappa shape index (κ1) is 20.7. The summed E-state index contributed by atoms with van der Waals surface area (Å²) >= 11 is 0. The normalized spacial score (nSPS) is 12.0. The molecule has 0 radical (unpaired) electrons. The molecule has 0 aliphatic carbocycles. The van der Waals surface area contributed by atoms with E-state index >= 15 is 0 Å². The minimum atomic E-state index is -3.24. The molecular weight excluding hydrogens is 390 g/mol. The number of hydrogen-bond donors (Lipinski definition) is 1. The van der Waals surface area contributed by atoms with Crippen LogP contribution < -0.4 is 5.32 Å². The molecule has 1 aromatic heterocycles. The van der Waals surface area contributed by atoms with Crippen LogP contribution in [0.5, 0.6) is 0 Å². The van der Waals surface area contributed by atoms with Crippen molar-refractivity contribution in [3.63, 3.8) is 0 Å². The van der Waals surface area contributed by atoms with Crippen LogP contribution in [0.1, 0.15) is 48.1 Å². The van der Waals surface area contributed by atoms with E-state index < -0.39 is 9.84 Å². The molecule has 0 aliphatic heterocycles. The van der Waals surface area contributed by atoms with Gasteiger partial charge in [-0.05, 0) is 40.8 Å². The molecular formula is C21H23N3O4S. The molecule has 152 valence electrons. The molecule has 0 fully saturated rings. The Morgan fingerprint density at radius 2 is 1.62 bits per heavy atom. The van der Waals surface area contributed by atoms with Crippen molar-refractivity contribution in [1.29, 1.82) is 0 Å². The van der Waals surface area contributed by atoms with Crippen molar-refractivity contribution in [2.24, 2.45) is 0 Å². The van der Waals surface area contributed by atoms with Gasteiger partial charge in [-0.15, -0.1) is 5.10 Å². The lowest BCUT2D eigenvalue weighted by atomic mass is 9.87. The van der Waals surface area contributed by atoms with Crippen molar-refractivity contribution in [3.8, 4) is 0 Å². The molecule has 29 heavy (non-hydrogen) atoms. The lowest BCUT2D eigenvalue weighted by molar-refractivity contribution is 0.102. The fourth-order valence-electron chi connectivity index (χ4n) is 2.70. The lowest BCUT2D eigenvalue weighted by Crippen LogP contribution is -2.14. The van der Waals surface area contributed by atoms with E-state index in [2.05, 4.69) is 36.3 Å². The summed E-state index contributed by atoms with van der Waals surface area (Å²) in [7, 11) is -3.24. The molecule has 1 amide bonds. The van der Waals surface area contributed by atoms with Gasteiger partial charge >= 0.3 is 6.01 Å². The number of carbonyl (C=O) groups is 1. The monoisotopic (exact) mass is 413 g/mol. The number of rotatable bonds is 5. The van der Waals surface area contributed by atoms with Crippen molar-refractivity contribution in [2.75, 3.05) is 11.6 Å². The van der Waals surface area contributed by atoms with Gasteiger partial charge in [-0.2, -0.15) is 0 Å². The van der Waals surface area contributed by atoms with E-state index in [0.29, 0.717) is 17.9 Å². The lowest BCUT2D eigenvalue weighted by Gasteiger charge is -2.18. The summed E-state index contributed by atoms with van der Waals surface area (Å²) < 4.78 is 28.5. The zero-order valence-corrected chi connectivity index (χ0v) is 17.6. The van der Waals surface area contributed by atoms with Gasteiger partial charge < -0.3 is 4.42 Å². The largest absolute Gasteiger partial charge is 0.407 e. The number of hydrogen-bond acceptors (Lipinski definition) is 6. The van der Waals surface area contributed by atoms with E-state index in [4.69, 9.17) is 4.42 Å². The van der Waals surface area contributed by atoms with Gasteiger partial charge in [0.05, 0.1) is 11.3 Å². The number of nitrogens with zero attached hydrogens (tertiary/aromatic N) is 2. The number of benzene rings is 2. The number of sulfone groups is 1. The fourth-order valence-corrected chi connectivity index (χ4v) is 3.33. The molecule has 0 unspecified atom stereocenters. The van der Waals surface area contributed by atoms with Crippen LogP contribution in [-0.2, 0) is 21.7 Å². The third kappa shape index (κ3) is 5.29. The molecule has 0 saturated heterocycles. The van der Waals surface area contributed by atoms with E-state index in [9.17, 15) is 13.2 Å². The molecule has 7 nitrogen and oxygen atoms in total. The Balaban J connectivity index is 1.65. The average Bonchev–Trinajstić information content (AvgIpc) is 3.07. The molecule has 0 atom stereocenters. The van der Waals surface area contributed by atoms with Crippen molar-refractivity contribution >= 4 is 21.8 Å². The predicted molar refractivity (Wildman–Crippen MR) is 110 cm³/mol. The Bertz CT molecular complexity index is 1110. The standard InChI is InChI=1S/C21H23N3O4S/c1-21(2,3)16-9-7-15(8-10-16)19(25)22-20-24-23-18(28-20)13-14-5-11-17(12-6-14)29(4,26)27/h5-12H,13H2,1-4H3,(H,22,24,25). The zero-order chi connectivity index (χ0) is 21.2. The number of nitrogens with one attached hydrogen (secondary N) is 1. The minimum absolute atomic E-state index is 0.00983. The highest BCUT2D eigenvalue weighted by Gasteiger charge is 2.16. The van der Waals surface area contributed by atoms with E-state index in [1.807, 2.05) is 12.1 Å². The van der Waals surface area contributed by atoms with E-state index in [0.717, 1.165) is 17.4 Å². The molecule has 8 heteroatoms. The maximum absolute atomic E-state index is 12.4. The molecule has 2 aromatic carbocycles. The minimum Gasteiger partial charge on any atom is -0.407 e. The van der Waals surface area contributed by atoms with Gasteiger partial charge in [0.2, 0.25) is 5.89 Å². The number of aromatic nitrogens is 2. The number of amides is 1. The van der Waals surface area contributed by atoms with Crippen molar-refractivity contribution in [2.45, 2.75) is 37.5 Å². The van der Waals surface area contributed by atoms with Crippen LogP contribution in [0.4, 0.5) is 6.01 Å². The van der Waals surface area contributed by atoms with Gasteiger partial charge in [0.1, 0.15) is 0 Å². The highest BCUT2D eigenvalue weighted by Crippen LogP contribution is 2.22. The Hall–Kier alpha value is -3.00. The van der Waals surface area contributed by atoms with Gasteiger partial charge in [0, 0.05) is 11.8 Å². The summed E-state index contributed by atoms with van der Waals surface area (Å²) in [4.78, 5) is 12.6. The summed E-state index contributed by atoms with van der Waals surface area (Å²) in [5.41, 5.74) is 2.46. The van der Waals surface area contributed by atoms with E-state index in [1.165, 1.54) is 12.1 Å². The van der Waals surface area contributed by atoms with Crippen LogP contribution in [-0.4, -0.2) is 30.8 Å². The zero-order valence-electron chi connectivity index (χ0n) is 16.8. The first-order valence-electron chi connectivity index (χ1n) is 9.06. The van der Waals surface area contributed by atoms with Crippen molar-refractivity contribution in [3.05, 3.63) is 71.1 Å². The molecule has 1 heterocycles. The van der Waals surface area contributed by atoms with Gasteiger partial charge in [-0.1, -0.05) is 50.1 Å². The van der Waals surface area contributed by atoms with Crippen LogP contribution in [0, 0.1) is 0 Å². The molecule has 0 saturated carbocycles. The second kappa shape index (κ2) is 7.79. The van der Waals surface area contributed by atoms with E-state index in [1.54, 1.807) is 24.3 Å².